The van der Waals surface area contributed by atoms with Crippen LogP contribution >= 0.6 is 11.6 Å². The number of hydrogen-bond acceptors (Lipinski definition) is 3. The first-order valence-corrected chi connectivity index (χ1v) is 4.71. The molecule has 0 fully saturated rings. The fraction of sp³-hybridized carbons (Fsp3) is 0.200. The fourth-order valence-electron chi connectivity index (χ4n) is 1.34. The Labute approximate surface area is 86.9 Å². The van der Waals surface area contributed by atoms with E-state index >= 15 is 0 Å². The van der Waals surface area contributed by atoms with Crippen LogP contribution in [0, 0.1) is 6.92 Å². The van der Waals surface area contributed by atoms with Crippen molar-refractivity contribution in [2.75, 3.05) is 0 Å². The lowest BCUT2D eigenvalue weighted by Gasteiger charge is -2.03. The maximum atomic E-state index is 6.01. The Morgan fingerprint density at radius 2 is 2.14 bits per heavy atom. The number of aromatic nitrogens is 2. The van der Waals surface area contributed by atoms with Crippen LogP contribution in [0.15, 0.2) is 18.2 Å². The second-order valence-corrected chi connectivity index (χ2v) is 3.51. The summed E-state index contributed by atoms with van der Waals surface area (Å²) < 4.78 is 0. The van der Waals surface area contributed by atoms with Gasteiger partial charge in [-0.2, -0.15) is 0 Å². The van der Waals surface area contributed by atoms with Crippen molar-refractivity contribution in [3.05, 3.63) is 34.7 Å². The molecule has 4 heteroatoms. The van der Waals surface area contributed by atoms with E-state index in [1.54, 1.807) is 0 Å². The number of nitrogens with two attached hydrogens (primary N) is 1. The topological polar surface area (TPSA) is 51.8 Å². The molecule has 14 heavy (non-hydrogen) atoms. The molecule has 0 unspecified atom stereocenters. The summed E-state index contributed by atoms with van der Waals surface area (Å²) in [7, 11) is 0. The predicted octanol–water partition coefficient (Wildman–Crippen LogP) is 2.05. The molecule has 0 amide bonds. The molecule has 0 spiro atoms. The van der Waals surface area contributed by atoms with Gasteiger partial charge in [0.15, 0.2) is 0 Å². The van der Waals surface area contributed by atoms with Gasteiger partial charge in [0.25, 0.3) is 0 Å². The van der Waals surface area contributed by atoms with E-state index in [0.29, 0.717) is 17.5 Å². The van der Waals surface area contributed by atoms with Gasteiger partial charge in [-0.1, -0.05) is 23.2 Å². The molecule has 0 aliphatic heterocycles. The number of halogens is 1. The number of nitrogens with zero attached hydrogens (tertiary/aromatic N) is 2. The molecular weight excluding hydrogens is 198 g/mol. The van der Waals surface area contributed by atoms with Crippen LogP contribution in [0.3, 0.4) is 0 Å². The average molecular weight is 208 g/mol. The molecule has 2 rings (SSSR count). The number of benzene rings is 1. The molecule has 0 radical (unpaired) electrons. The van der Waals surface area contributed by atoms with E-state index in [4.69, 9.17) is 17.3 Å². The van der Waals surface area contributed by atoms with Gasteiger partial charge in [0.2, 0.25) is 0 Å². The van der Waals surface area contributed by atoms with Crippen LogP contribution in [-0.2, 0) is 6.54 Å². The van der Waals surface area contributed by atoms with E-state index in [-0.39, 0.29) is 0 Å². The van der Waals surface area contributed by atoms with E-state index in [9.17, 15) is 0 Å². The quantitative estimate of drug-likeness (QED) is 0.729. The molecule has 3 nitrogen and oxygen atoms in total. The standard InChI is InChI=1S/C10H10ClN3/c1-6-2-3-8-7(4-6)10(11)14-9(5-12)13-8/h2-4H,5,12H2,1H3. The summed E-state index contributed by atoms with van der Waals surface area (Å²) in [5.74, 6) is 0.575. The minimum absolute atomic E-state index is 0.309. The third-order valence-electron chi connectivity index (χ3n) is 2.03. The van der Waals surface area contributed by atoms with Crippen LogP contribution in [0.2, 0.25) is 5.15 Å². The second kappa shape index (κ2) is 3.52. The molecular formula is C10H10ClN3. The van der Waals surface area contributed by atoms with Crippen molar-refractivity contribution >= 4 is 22.5 Å². The molecule has 1 aromatic heterocycles. The summed E-state index contributed by atoms with van der Waals surface area (Å²) in [6.45, 7) is 2.32. The number of fused-ring (bicyclic) bond motifs is 1. The van der Waals surface area contributed by atoms with Crippen molar-refractivity contribution in [1.82, 2.24) is 9.97 Å². The molecule has 0 bridgehead atoms. The monoisotopic (exact) mass is 207 g/mol. The van der Waals surface area contributed by atoms with Crippen molar-refractivity contribution in [2.45, 2.75) is 13.5 Å². The third kappa shape index (κ3) is 1.56. The molecule has 72 valence electrons. The van der Waals surface area contributed by atoms with Crippen molar-refractivity contribution in [2.24, 2.45) is 5.73 Å². The highest BCUT2D eigenvalue weighted by Gasteiger charge is 2.04. The van der Waals surface area contributed by atoms with Gasteiger partial charge in [-0.25, -0.2) is 9.97 Å². The van der Waals surface area contributed by atoms with E-state index in [2.05, 4.69) is 9.97 Å². The zero-order valence-corrected chi connectivity index (χ0v) is 8.54. The van der Waals surface area contributed by atoms with Gasteiger partial charge in [0.05, 0.1) is 12.1 Å². The largest absolute Gasteiger partial charge is 0.324 e. The predicted molar refractivity (Wildman–Crippen MR) is 57.2 cm³/mol. The zero-order chi connectivity index (χ0) is 10.1. The Kier molecular flexibility index (Phi) is 2.35. The zero-order valence-electron chi connectivity index (χ0n) is 7.79. The van der Waals surface area contributed by atoms with Gasteiger partial charge < -0.3 is 5.73 Å². The van der Waals surface area contributed by atoms with E-state index in [1.165, 1.54) is 0 Å². The molecule has 1 aromatic carbocycles. The minimum atomic E-state index is 0.309. The minimum Gasteiger partial charge on any atom is -0.324 e. The molecule has 0 atom stereocenters. The third-order valence-corrected chi connectivity index (χ3v) is 2.32. The summed E-state index contributed by atoms with van der Waals surface area (Å²) in [6.07, 6.45) is 0. The number of hydrogen-bond donors (Lipinski definition) is 1. The lowest BCUT2D eigenvalue weighted by Crippen LogP contribution is -2.03. The maximum Gasteiger partial charge on any atom is 0.144 e. The Balaban J connectivity index is 2.76. The summed E-state index contributed by atoms with van der Waals surface area (Å²) in [5, 5.41) is 1.35. The van der Waals surface area contributed by atoms with Crippen LogP contribution in [-0.4, -0.2) is 9.97 Å². The smallest absolute Gasteiger partial charge is 0.144 e. The van der Waals surface area contributed by atoms with Gasteiger partial charge >= 0.3 is 0 Å². The number of aryl methyl sites for hydroxylation is 1. The Morgan fingerprint density at radius 3 is 2.86 bits per heavy atom. The molecule has 2 aromatic rings. The van der Waals surface area contributed by atoms with E-state index in [0.717, 1.165) is 16.5 Å². The molecule has 0 aliphatic carbocycles. The van der Waals surface area contributed by atoms with Gasteiger partial charge in [-0.3, -0.25) is 0 Å². The first-order valence-electron chi connectivity index (χ1n) is 4.33. The van der Waals surface area contributed by atoms with Crippen molar-refractivity contribution in [3.8, 4) is 0 Å². The van der Waals surface area contributed by atoms with Crippen LogP contribution in [0.5, 0.6) is 0 Å². The Morgan fingerprint density at radius 1 is 1.36 bits per heavy atom. The van der Waals surface area contributed by atoms with E-state index in [1.807, 2.05) is 25.1 Å². The van der Waals surface area contributed by atoms with Crippen LogP contribution < -0.4 is 5.73 Å². The van der Waals surface area contributed by atoms with Gasteiger partial charge in [-0.15, -0.1) is 0 Å². The first-order chi connectivity index (χ1) is 6.70. The lowest BCUT2D eigenvalue weighted by atomic mass is 10.2. The van der Waals surface area contributed by atoms with Crippen LogP contribution in [0.25, 0.3) is 10.9 Å². The van der Waals surface area contributed by atoms with Gasteiger partial charge in [-0.05, 0) is 19.1 Å². The second-order valence-electron chi connectivity index (χ2n) is 3.16. The van der Waals surface area contributed by atoms with Gasteiger partial charge in [0.1, 0.15) is 11.0 Å². The Hall–Kier alpha value is -1.19. The van der Waals surface area contributed by atoms with Crippen molar-refractivity contribution in [3.63, 3.8) is 0 Å². The normalized spacial score (nSPS) is 10.8. The molecule has 0 aliphatic rings. The molecule has 0 saturated heterocycles. The van der Waals surface area contributed by atoms with Crippen LogP contribution in [0.1, 0.15) is 11.4 Å². The van der Waals surface area contributed by atoms with Crippen molar-refractivity contribution in [1.29, 1.82) is 0 Å². The SMILES string of the molecule is Cc1ccc2nc(CN)nc(Cl)c2c1. The van der Waals surface area contributed by atoms with Crippen LogP contribution in [0.4, 0.5) is 0 Å². The summed E-state index contributed by atoms with van der Waals surface area (Å²) in [5.41, 5.74) is 7.44. The summed E-state index contributed by atoms with van der Waals surface area (Å²) in [6, 6.07) is 5.89. The highest BCUT2D eigenvalue weighted by Crippen LogP contribution is 2.21. The van der Waals surface area contributed by atoms with E-state index < -0.39 is 0 Å². The summed E-state index contributed by atoms with van der Waals surface area (Å²) >= 11 is 6.01. The van der Waals surface area contributed by atoms with Crippen molar-refractivity contribution < 1.29 is 0 Å². The highest BCUT2D eigenvalue weighted by molar-refractivity contribution is 6.34. The lowest BCUT2D eigenvalue weighted by molar-refractivity contribution is 0.927. The average Bonchev–Trinajstić information content (AvgIpc) is 2.19. The highest BCUT2D eigenvalue weighted by atomic mass is 35.5. The fourth-order valence-corrected chi connectivity index (χ4v) is 1.59. The van der Waals surface area contributed by atoms with Gasteiger partial charge in [0, 0.05) is 5.39 Å². The molecule has 2 N–H and O–H groups in total. The Bertz CT molecular complexity index is 482. The summed E-state index contributed by atoms with van der Waals surface area (Å²) in [4.78, 5) is 8.37. The molecule has 0 saturated carbocycles. The first kappa shape index (κ1) is 9.37. The molecule has 1 heterocycles. The number of rotatable bonds is 1. The maximum absolute atomic E-state index is 6.01.